The van der Waals surface area contributed by atoms with E-state index in [1.165, 1.54) is 9.75 Å². The molecule has 9 heteroatoms. The second-order valence-electron chi connectivity index (χ2n) is 12.2. The molecule has 1 aliphatic heterocycles. The smallest absolute Gasteiger partial charge is 0.252 e. The van der Waals surface area contributed by atoms with Crippen molar-refractivity contribution in [1.82, 2.24) is 26.3 Å². The van der Waals surface area contributed by atoms with Gasteiger partial charge in [-0.25, -0.2) is 0 Å². The van der Waals surface area contributed by atoms with Crippen molar-refractivity contribution in [1.29, 1.82) is 0 Å². The Hall–Kier alpha value is -4.31. The fourth-order valence-corrected chi connectivity index (χ4v) is 6.82. The first-order valence-electron chi connectivity index (χ1n) is 16.0. The van der Waals surface area contributed by atoms with Gasteiger partial charge in [0.2, 0.25) is 5.91 Å². The van der Waals surface area contributed by atoms with Crippen LogP contribution in [0.1, 0.15) is 64.2 Å². The molecule has 6 rings (SSSR count). The molecule has 2 fully saturated rings. The molecule has 238 valence electrons. The number of ether oxygens (including phenoxy) is 1. The summed E-state index contributed by atoms with van der Waals surface area (Å²) in [6, 6.07) is 22.4. The number of hydrogen-bond donors (Lipinski definition) is 4. The van der Waals surface area contributed by atoms with Gasteiger partial charge in [0.05, 0.1) is 6.04 Å². The average Bonchev–Trinajstić information content (AvgIpc) is 3.73. The molecule has 4 N–H and O–H groups in total. The van der Waals surface area contributed by atoms with Gasteiger partial charge in [0.15, 0.2) is 0 Å². The summed E-state index contributed by atoms with van der Waals surface area (Å²) >= 11 is 1.77. The minimum absolute atomic E-state index is 0.0197. The molecule has 8 nitrogen and oxygen atoms in total. The van der Waals surface area contributed by atoms with Crippen molar-refractivity contribution in [2.24, 2.45) is 5.92 Å². The predicted molar refractivity (Wildman–Crippen MR) is 183 cm³/mol. The first-order valence-corrected chi connectivity index (χ1v) is 16.8. The summed E-state index contributed by atoms with van der Waals surface area (Å²) in [4.78, 5) is 32.4. The lowest BCUT2D eigenvalue weighted by molar-refractivity contribution is -0.123. The number of nitrogens with zero attached hydrogens (tertiary/aromatic N) is 1. The maximum atomic E-state index is 13.3. The molecule has 0 radical (unpaired) electrons. The molecule has 0 unspecified atom stereocenters. The topological polar surface area (TPSA) is 104 Å². The van der Waals surface area contributed by atoms with Gasteiger partial charge in [0, 0.05) is 65.5 Å². The Morgan fingerprint density at radius 2 is 1.98 bits per heavy atom. The van der Waals surface area contributed by atoms with Gasteiger partial charge < -0.3 is 26.0 Å². The van der Waals surface area contributed by atoms with Gasteiger partial charge in [-0.1, -0.05) is 30.3 Å². The zero-order chi connectivity index (χ0) is 31.9. The predicted octanol–water partition coefficient (Wildman–Crippen LogP) is 6.01. The van der Waals surface area contributed by atoms with Crippen LogP contribution in [0.5, 0.6) is 5.75 Å². The van der Waals surface area contributed by atoms with E-state index in [4.69, 9.17) is 4.74 Å². The van der Waals surface area contributed by atoms with Crippen molar-refractivity contribution in [3.8, 4) is 16.2 Å². The Labute approximate surface area is 274 Å². The molecular weight excluding hydrogens is 595 g/mol. The van der Waals surface area contributed by atoms with Crippen molar-refractivity contribution in [3.63, 3.8) is 0 Å². The van der Waals surface area contributed by atoms with E-state index in [0.717, 1.165) is 66.9 Å². The summed E-state index contributed by atoms with van der Waals surface area (Å²) in [5.41, 5.74) is 4.69. The highest BCUT2D eigenvalue weighted by atomic mass is 32.1. The van der Waals surface area contributed by atoms with Gasteiger partial charge in [0.1, 0.15) is 11.9 Å². The lowest BCUT2D eigenvalue weighted by Crippen LogP contribution is -2.50. The minimum atomic E-state index is -0.160. The molecule has 2 aromatic heterocycles. The van der Waals surface area contributed by atoms with E-state index in [1.54, 1.807) is 29.9 Å². The molecule has 0 bridgehead atoms. The van der Waals surface area contributed by atoms with E-state index in [-0.39, 0.29) is 29.9 Å². The first-order chi connectivity index (χ1) is 22.4. The zero-order valence-electron chi connectivity index (χ0n) is 26.3. The molecule has 3 heterocycles. The van der Waals surface area contributed by atoms with E-state index in [2.05, 4.69) is 56.6 Å². The highest BCUT2D eigenvalue weighted by Gasteiger charge is 2.29. The number of benzene rings is 2. The Bertz CT molecular complexity index is 1680. The number of rotatable bonds is 12. The van der Waals surface area contributed by atoms with E-state index in [0.29, 0.717) is 11.6 Å². The molecule has 1 saturated heterocycles. The number of pyridine rings is 1. The monoisotopic (exact) mass is 635 g/mol. The molecule has 4 aromatic rings. The number of nitrogens with one attached hydrogen (secondary N) is 4. The normalized spacial score (nSPS) is 18.7. The van der Waals surface area contributed by atoms with Crippen LogP contribution < -0.4 is 26.0 Å². The summed E-state index contributed by atoms with van der Waals surface area (Å²) in [6.07, 6.45) is 9.94. The summed E-state index contributed by atoms with van der Waals surface area (Å²) in [6.45, 7) is 6.40. The maximum absolute atomic E-state index is 13.3. The second kappa shape index (κ2) is 14.9. The number of hydrogen-bond acceptors (Lipinski definition) is 7. The summed E-state index contributed by atoms with van der Waals surface area (Å²) in [5.74, 6) is 0.715. The number of carbonyl (C=O) groups excluding carboxylic acids is 2. The van der Waals surface area contributed by atoms with Crippen LogP contribution in [0.4, 0.5) is 0 Å². The van der Waals surface area contributed by atoms with Crippen LogP contribution >= 0.6 is 11.3 Å². The number of thiophene rings is 1. The standard InChI is InChI=1S/C37H41N5O3S/c1-24-8-11-31(45-32-21-39-22-32)19-34(24)37(44)42-25(2)27-6-3-7-28(17-27)35-13-12-33(46-35)23-41-30-10-9-29(18-30)36(43)40-16-14-26-5-4-15-38-20-26/h3-8,11-17,19-20,25,29-30,32,39,41H,9-10,18,21-23H2,1-2H3,(H,40,43)(H,42,44)/b16-14+/t25-,29-,30+/m1/s1. The summed E-state index contributed by atoms with van der Waals surface area (Å²) in [7, 11) is 0. The summed E-state index contributed by atoms with van der Waals surface area (Å²) in [5, 5.41) is 13.0. The Morgan fingerprint density at radius 3 is 2.78 bits per heavy atom. The van der Waals surface area contributed by atoms with Crippen LogP contribution in [-0.2, 0) is 11.3 Å². The van der Waals surface area contributed by atoms with Gasteiger partial charge in [0.25, 0.3) is 5.91 Å². The molecule has 1 saturated carbocycles. The molecule has 46 heavy (non-hydrogen) atoms. The second-order valence-corrected chi connectivity index (χ2v) is 13.3. The SMILES string of the molecule is Cc1ccc(OC2CNC2)cc1C(=O)N[C@H](C)c1cccc(-c2ccc(CN[C@H]3CC[C@@H](C(=O)N/C=C/c4cccnc4)C3)s2)c1. The fourth-order valence-electron chi connectivity index (χ4n) is 5.87. The van der Waals surface area contributed by atoms with E-state index in [1.807, 2.05) is 56.3 Å². The minimum Gasteiger partial charge on any atom is -0.488 e. The molecule has 0 spiro atoms. The van der Waals surface area contributed by atoms with Crippen LogP contribution in [0, 0.1) is 12.8 Å². The van der Waals surface area contributed by atoms with Gasteiger partial charge >= 0.3 is 0 Å². The molecule has 2 aliphatic rings. The van der Waals surface area contributed by atoms with Gasteiger partial charge in [-0.2, -0.15) is 0 Å². The lowest BCUT2D eigenvalue weighted by atomic mass is 10.0. The van der Waals surface area contributed by atoms with Gasteiger partial charge in [-0.15, -0.1) is 11.3 Å². The molecular formula is C37H41N5O3S. The van der Waals surface area contributed by atoms with Gasteiger partial charge in [-0.05, 0) is 97.8 Å². The highest BCUT2D eigenvalue weighted by molar-refractivity contribution is 7.15. The van der Waals surface area contributed by atoms with Gasteiger partial charge in [-0.3, -0.25) is 14.6 Å². The first kappa shape index (κ1) is 31.7. The van der Waals surface area contributed by atoms with E-state index < -0.39 is 0 Å². The molecule has 1 aliphatic carbocycles. The third-order valence-corrected chi connectivity index (χ3v) is 9.87. The van der Waals surface area contributed by atoms with E-state index in [9.17, 15) is 9.59 Å². The van der Waals surface area contributed by atoms with Crippen LogP contribution in [0.2, 0.25) is 0 Å². The molecule has 2 amide bonds. The van der Waals surface area contributed by atoms with Crippen molar-refractivity contribution < 1.29 is 14.3 Å². The molecule has 2 aromatic carbocycles. The quantitative estimate of drug-likeness (QED) is 0.152. The third kappa shape index (κ3) is 8.09. The Balaban J connectivity index is 0.993. The number of amides is 2. The largest absolute Gasteiger partial charge is 0.488 e. The third-order valence-electron chi connectivity index (χ3n) is 8.73. The van der Waals surface area contributed by atoms with E-state index >= 15 is 0 Å². The fraction of sp³-hybridized carbons (Fsp3) is 0.324. The van der Waals surface area contributed by atoms with Crippen LogP contribution in [0.3, 0.4) is 0 Å². The van der Waals surface area contributed by atoms with Crippen molar-refractivity contribution >= 4 is 29.2 Å². The Morgan fingerprint density at radius 1 is 1.09 bits per heavy atom. The number of aromatic nitrogens is 1. The summed E-state index contributed by atoms with van der Waals surface area (Å²) < 4.78 is 5.97. The van der Waals surface area contributed by atoms with Crippen molar-refractivity contribution in [2.75, 3.05) is 13.1 Å². The van der Waals surface area contributed by atoms with Crippen LogP contribution in [0.15, 0.2) is 85.3 Å². The van der Waals surface area contributed by atoms with Crippen molar-refractivity contribution in [2.45, 2.75) is 57.8 Å². The number of aryl methyl sites for hydroxylation is 1. The lowest BCUT2D eigenvalue weighted by Gasteiger charge is -2.28. The van der Waals surface area contributed by atoms with Crippen LogP contribution in [0.25, 0.3) is 16.5 Å². The average molecular weight is 636 g/mol. The Kier molecular flexibility index (Phi) is 10.2. The number of carbonyl (C=O) groups is 2. The maximum Gasteiger partial charge on any atom is 0.252 e. The van der Waals surface area contributed by atoms with Crippen LogP contribution in [-0.4, -0.2) is 42.0 Å². The zero-order valence-corrected chi connectivity index (χ0v) is 27.1. The highest BCUT2D eigenvalue weighted by Crippen LogP contribution is 2.31. The molecule has 3 atom stereocenters. The van der Waals surface area contributed by atoms with Crippen molar-refractivity contribution in [3.05, 3.63) is 112 Å².